The first-order valence-corrected chi connectivity index (χ1v) is 10.8. The molecular formula is C26H21ClFNO3. The first-order valence-electron chi connectivity index (χ1n) is 10.4. The van der Waals surface area contributed by atoms with Crippen molar-refractivity contribution < 1.29 is 18.7 Å². The maximum Gasteiger partial charge on any atom is 0.231 e. The number of hydrogen-bond acceptors (Lipinski definition) is 4. The Morgan fingerprint density at radius 2 is 1.91 bits per heavy atom. The highest BCUT2D eigenvalue weighted by Gasteiger charge is 2.33. The quantitative estimate of drug-likeness (QED) is 0.472. The van der Waals surface area contributed by atoms with Crippen LogP contribution in [0.5, 0.6) is 11.5 Å². The summed E-state index contributed by atoms with van der Waals surface area (Å²) >= 11 is 5.96. The lowest BCUT2D eigenvalue weighted by molar-refractivity contribution is 0.0954. The highest BCUT2D eigenvalue weighted by molar-refractivity contribution is 6.30. The van der Waals surface area contributed by atoms with Gasteiger partial charge in [-0.3, -0.25) is 9.69 Å². The fourth-order valence-corrected chi connectivity index (χ4v) is 4.24. The van der Waals surface area contributed by atoms with Crippen molar-refractivity contribution >= 4 is 23.5 Å². The molecule has 0 fully saturated rings. The Labute approximate surface area is 190 Å². The second-order valence-corrected chi connectivity index (χ2v) is 8.47. The molecule has 162 valence electrons. The van der Waals surface area contributed by atoms with Crippen molar-refractivity contribution in [3.63, 3.8) is 0 Å². The van der Waals surface area contributed by atoms with E-state index in [9.17, 15) is 9.18 Å². The molecular weight excluding hydrogens is 429 g/mol. The van der Waals surface area contributed by atoms with Gasteiger partial charge < -0.3 is 9.47 Å². The minimum Gasteiger partial charge on any atom is -0.477 e. The lowest BCUT2D eigenvalue weighted by Crippen LogP contribution is -2.34. The minimum absolute atomic E-state index is 0.121. The number of benzene rings is 3. The van der Waals surface area contributed by atoms with E-state index in [0.717, 1.165) is 34.9 Å². The minimum atomic E-state index is -0.400. The van der Waals surface area contributed by atoms with Gasteiger partial charge in [-0.2, -0.15) is 0 Å². The monoisotopic (exact) mass is 449 g/mol. The van der Waals surface area contributed by atoms with Gasteiger partial charge in [0.05, 0.1) is 5.56 Å². The molecule has 2 heterocycles. The first kappa shape index (κ1) is 20.7. The van der Waals surface area contributed by atoms with Crippen molar-refractivity contribution in [2.75, 3.05) is 13.3 Å². The van der Waals surface area contributed by atoms with E-state index in [2.05, 4.69) is 4.90 Å². The van der Waals surface area contributed by atoms with Gasteiger partial charge in [-0.1, -0.05) is 41.9 Å². The number of carbonyl (C=O) groups is 1. The predicted octanol–water partition coefficient (Wildman–Crippen LogP) is 5.80. The van der Waals surface area contributed by atoms with Crippen molar-refractivity contribution in [1.82, 2.24) is 4.90 Å². The number of Topliss-reactive ketones (excluding diaryl/α,β-unsaturated/α-hetero) is 1. The largest absolute Gasteiger partial charge is 0.477 e. The fourth-order valence-electron chi connectivity index (χ4n) is 4.11. The van der Waals surface area contributed by atoms with Crippen molar-refractivity contribution in [2.45, 2.75) is 19.9 Å². The summed E-state index contributed by atoms with van der Waals surface area (Å²) in [5, 5.41) is 0.726. The Hall–Kier alpha value is -3.15. The van der Waals surface area contributed by atoms with Crippen LogP contribution >= 0.6 is 11.6 Å². The Balaban J connectivity index is 1.36. The SMILES string of the molecule is Cc1c2c(cc3c1O/C(=C\c1ccccc1F)C3=O)CN(CCc1ccc(Cl)cc1)CO2. The van der Waals surface area contributed by atoms with Crippen LogP contribution in [0.25, 0.3) is 6.08 Å². The standard InChI is InChI=1S/C26H21ClFNO3/c1-16-25-19(14-29(15-31-25)11-10-17-6-8-20(27)9-7-17)12-21-24(30)23(32-26(16)21)13-18-4-2-3-5-22(18)28/h2-9,12-13H,10-11,14-15H2,1H3/b23-13-. The lowest BCUT2D eigenvalue weighted by Gasteiger charge is -2.30. The molecule has 6 heteroatoms. The summed E-state index contributed by atoms with van der Waals surface area (Å²) in [6, 6.07) is 16.0. The van der Waals surface area contributed by atoms with Crippen LogP contribution < -0.4 is 9.47 Å². The number of hydrogen-bond donors (Lipinski definition) is 0. The van der Waals surface area contributed by atoms with E-state index < -0.39 is 5.82 Å². The van der Waals surface area contributed by atoms with E-state index in [4.69, 9.17) is 21.1 Å². The maximum absolute atomic E-state index is 14.0. The Kier molecular flexibility index (Phi) is 5.45. The molecule has 32 heavy (non-hydrogen) atoms. The summed E-state index contributed by atoms with van der Waals surface area (Å²) in [4.78, 5) is 15.2. The molecule has 0 saturated carbocycles. The highest BCUT2D eigenvalue weighted by atomic mass is 35.5. The van der Waals surface area contributed by atoms with Crippen LogP contribution in [0.1, 0.15) is 32.6 Å². The van der Waals surface area contributed by atoms with Gasteiger partial charge in [0, 0.05) is 34.8 Å². The third-order valence-electron chi connectivity index (χ3n) is 5.82. The molecule has 0 spiro atoms. The Morgan fingerprint density at radius 1 is 1.12 bits per heavy atom. The average molecular weight is 450 g/mol. The molecule has 0 amide bonds. The molecule has 0 bridgehead atoms. The second-order valence-electron chi connectivity index (χ2n) is 8.03. The summed E-state index contributed by atoms with van der Waals surface area (Å²) in [6.07, 6.45) is 2.33. The molecule has 0 unspecified atom stereocenters. The van der Waals surface area contributed by atoms with Crippen LogP contribution in [0.2, 0.25) is 5.02 Å². The zero-order valence-corrected chi connectivity index (χ0v) is 18.3. The van der Waals surface area contributed by atoms with Crippen LogP contribution in [0, 0.1) is 12.7 Å². The van der Waals surface area contributed by atoms with Crippen molar-refractivity contribution in [3.05, 3.63) is 99.0 Å². The zero-order valence-electron chi connectivity index (χ0n) is 17.5. The van der Waals surface area contributed by atoms with Gasteiger partial charge >= 0.3 is 0 Å². The number of allylic oxidation sites excluding steroid dienone is 1. The lowest BCUT2D eigenvalue weighted by atomic mass is 10.00. The van der Waals surface area contributed by atoms with Crippen LogP contribution in [0.4, 0.5) is 4.39 Å². The molecule has 0 aromatic heterocycles. The van der Waals surface area contributed by atoms with Crippen molar-refractivity contribution in [2.24, 2.45) is 0 Å². The van der Waals surface area contributed by atoms with Crippen molar-refractivity contribution in [3.8, 4) is 11.5 Å². The molecule has 2 aliphatic rings. The van der Waals surface area contributed by atoms with Crippen molar-refractivity contribution in [1.29, 1.82) is 0 Å². The van der Waals surface area contributed by atoms with E-state index in [-0.39, 0.29) is 11.5 Å². The molecule has 3 aromatic rings. The van der Waals surface area contributed by atoms with Crippen LogP contribution in [-0.2, 0) is 13.0 Å². The zero-order chi connectivity index (χ0) is 22.2. The third kappa shape index (κ3) is 3.90. The molecule has 0 atom stereocenters. The van der Waals surface area contributed by atoms with E-state index in [1.54, 1.807) is 18.2 Å². The van der Waals surface area contributed by atoms with Crippen LogP contribution in [0.15, 0.2) is 60.4 Å². The summed E-state index contributed by atoms with van der Waals surface area (Å²) in [5.74, 6) is 0.725. The van der Waals surface area contributed by atoms with Gasteiger partial charge in [0.1, 0.15) is 24.0 Å². The number of ether oxygens (including phenoxy) is 2. The van der Waals surface area contributed by atoms with E-state index in [1.807, 2.05) is 37.3 Å². The number of fused-ring (bicyclic) bond motifs is 2. The molecule has 0 radical (unpaired) electrons. The van der Waals surface area contributed by atoms with Gasteiger partial charge in [0.15, 0.2) is 5.76 Å². The molecule has 5 rings (SSSR count). The Morgan fingerprint density at radius 3 is 2.69 bits per heavy atom. The molecule has 0 N–H and O–H groups in total. The van der Waals surface area contributed by atoms with E-state index >= 15 is 0 Å². The van der Waals surface area contributed by atoms with Crippen LogP contribution in [-0.4, -0.2) is 24.0 Å². The number of ketones is 1. The van der Waals surface area contributed by atoms with E-state index in [0.29, 0.717) is 30.2 Å². The molecule has 4 nitrogen and oxygen atoms in total. The summed E-state index contributed by atoms with van der Waals surface area (Å²) in [5.41, 5.74) is 3.76. The second kappa shape index (κ2) is 8.41. The number of halogens is 2. The first-order chi connectivity index (χ1) is 15.5. The van der Waals surface area contributed by atoms with Crippen LogP contribution in [0.3, 0.4) is 0 Å². The average Bonchev–Trinajstić information content (AvgIpc) is 3.10. The number of carbonyl (C=O) groups excluding carboxylic acids is 1. The smallest absolute Gasteiger partial charge is 0.231 e. The Bertz CT molecular complexity index is 1240. The maximum atomic E-state index is 14.0. The molecule has 0 saturated heterocycles. The molecule has 0 aliphatic carbocycles. The molecule has 3 aromatic carbocycles. The normalized spacial score (nSPS) is 16.5. The number of rotatable bonds is 4. The van der Waals surface area contributed by atoms with Gasteiger partial charge in [0.2, 0.25) is 5.78 Å². The summed E-state index contributed by atoms with van der Waals surface area (Å²) < 4.78 is 25.9. The van der Waals surface area contributed by atoms with Gasteiger partial charge in [0.25, 0.3) is 0 Å². The summed E-state index contributed by atoms with van der Waals surface area (Å²) in [6.45, 7) is 3.85. The summed E-state index contributed by atoms with van der Waals surface area (Å²) in [7, 11) is 0. The predicted molar refractivity (Wildman–Crippen MR) is 122 cm³/mol. The number of nitrogens with zero attached hydrogens (tertiary/aromatic N) is 1. The van der Waals surface area contributed by atoms with Gasteiger partial charge in [-0.15, -0.1) is 0 Å². The molecule has 2 aliphatic heterocycles. The topological polar surface area (TPSA) is 38.8 Å². The highest BCUT2D eigenvalue weighted by Crippen LogP contribution is 2.43. The fraction of sp³-hybridized carbons (Fsp3) is 0.192. The van der Waals surface area contributed by atoms with Gasteiger partial charge in [-0.25, -0.2) is 4.39 Å². The van der Waals surface area contributed by atoms with E-state index in [1.165, 1.54) is 17.7 Å². The van der Waals surface area contributed by atoms with Gasteiger partial charge in [-0.05, 0) is 49.2 Å². The third-order valence-corrected chi connectivity index (χ3v) is 6.08.